The summed E-state index contributed by atoms with van der Waals surface area (Å²) in [5.74, 6) is 0.0565. The molecule has 1 aromatic rings. The molecule has 0 spiro atoms. The van der Waals surface area contributed by atoms with Crippen LogP contribution in [-0.2, 0) is 19.5 Å². The number of halogens is 2. The van der Waals surface area contributed by atoms with Crippen molar-refractivity contribution in [1.82, 2.24) is 0 Å². The van der Waals surface area contributed by atoms with Gasteiger partial charge in [0.15, 0.2) is 0 Å². The number of aromatic hydroxyl groups is 1. The van der Waals surface area contributed by atoms with E-state index in [0.29, 0.717) is 5.02 Å². The number of hydrogen-bond donors (Lipinski definition) is 1. The van der Waals surface area contributed by atoms with Gasteiger partial charge in [-0.1, -0.05) is 23.2 Å². The second-order valence-electron chi connectivity index (χ2n) is 1.60. The zero-order chi connectivity index (χ0) is 6.85. The third kappa shape index (κ3) is 2.45. The smallest absolute Gasteiger partial charge is 0.134 e. The van der Waals surface area contributed by atoms with Crippen LogP contribution in [0.5, 0.6) is 5.75 Å². The van der Waals surface area contributed by atoms with E-state index in [2.05, 4.69) is 0 Å². The van der Waals surface area contributed by atoms with E-state index >= 15 is 0 Å². The predicted octanol–water partition coefficient (Wildman–Crippen LogP) is 2.70. The number of benzene rings is 1. The van der Waals surface area contributed by atoms with Gasteiger partial charge < -0.3 is 5.11 Å². The van der Waals surface area contributed by atoms with Crippen LogP contribution < -0.4 is 0 Å². The van der Waals surface area contributed by atoms with Crippen molar-refractivity contribution in [3.63, 3.8) is 0 Å². The minimum absolute atomic E-state index is 0. The van der Waals surface area contributed by atoms with Crippen LogP contribution in [0.2, 0.25) is 10.0 Å². The third-order valence-electron chi connectivity index (χ3n) is 0.910. The maximum absolute atomic E-state index is 8.85. The summed E-state index contributed by atoms with van der Waals surface area (Å²) in [6.45, 7) is 0. The van der Waals surface area contributed by atoms with Crippen LogP contribution in [0.25, 0.3) is 0 Å². The van der Waals surface area contributed by atoms with E-state index < -0.39 is 0 Å². The van der Waals surface area contributed by atoms with Crippen molar-refractivity contribution in [3.05, 3.63) is 28.2 Å². The van der Waals surface area contributed by atoms with Gasteiger partial charge in [0.25, 0.3) is 0 Å². The molecular weight excluding hydrogens is 224 g/mol. The summed E-state index contributed by atoms with van der Waals surface area (Å²) < 4.78 is 0. The zero-order valence-electron chi connectivity index (χ0n) is 5.14. The van der Waals surface area contributed by atoms with Crippen LogP contribution in [-0.4, -0.2) is 5.11 Å². The van der Waals surface area contributed by atoms with Crippen molar-refractivity contribution >= 4 is 23.2 Å². The van der Waals surface area contributed by atoms with Gasteiger partial charge in [0.2, 0.25) is 0 Å². The van der Waals surface area contributed by atoms with Crippen LogP contribution in [0.4, 0.5) is 0 Å². The molecule has 0 saturated heterocycles. The fourth-order valence-electron chi connectivity index (χ4n) is 0.481. The van der Waals surface area contributed by atoms with E-state index in [4.69, 9.17) is 28.3 Å². The SMILES string of the molecule is Oc1ccc(Cl)cc1Cl.[Zn]. The minimum Gasteiger partial charge on any atom is -0.506 e. The molecule has 0 atom stereocenters. The van der Waals surface area contributed by atoms with Gasteiger partial charge in [-0.25, -0.2) is 0 Å². The van der Waals surface area contributed by atoms with Gasteiger partial charge in [0.1, 0.15) is 5.75 Å². The van der Waals surface area contributed by atoms with Crippen molar-refractivity contribution in [2.45, 2.75) is 0 Å². The minimum atomic E-state index is 0. The Balaban J connectivity index is 0.000000810. The zero-order valence-corrected chi connectivity index (χ0v) is 9.62. The first-order valence-electron chi connectivity index (χ1n) is 2.34. The molecule has 1 rings (SSSR count). The molecule has 0 aromatic heterocycles. The molecule has 0 aliphatic heterocycles. The molecule has 0 bridgehead atoms. The summed E-state index contributed by atoms with van der Waals surface area (Å²) in [5.41, 5.74) is 0. The predicted molar refractivity (Wildman–Crippen MR) is 38.1 cm³/mol. The van der Waals surface area contributed by atoms with Crippen molar-refractivity contribution in [3.8, 4) is 5.75 Å². The van der Waals surface area contributed by atoms with E-state index in [1.54, 1.807) is 6.07 Å². The summed E-state index contributed by atoms with van der Waals surface area (Å²) in [5, 5.41) is 9.66. The Morgan fingerprint density at radius 3 is 2.20 bits per heavy atom. The standard InChI is InChI=1S/C6H4Cl2O.Zn/c7-4-1-2-6(9)5(8)3-4;/h1-3,9H;. The Bertz CT molecular complexity index is 227. The molecule has 0 aliphatic carbocycles. The number of phenolic OH excluding ortho intramolecular Hbond substituents is 1. The molecule has 10 heavy (non-hydrogen) atoms. The van der Waals surface area contributed by atoms with Crippen LogP contribution in [0.1, 0.15) is 0 Å². The normalized spacial score (nSPS) is 8.60. The number of hydrogen-bond acceptors (Lipinski definition) is 1. The summed E-state index contributed by atoms with van der Waals surface area (Å²) >= 11 is 11.0. The Morgan fingerprint density at radius 2 is 1.80 bits per heavy atom. The van der Waals surface area contributed by atoms with Crippen molar-refractivity contribution < 1.29 is 24.6 Å². The summed E-state index contributed by atoms with van der Waals surface area (Å²) in [6.07, 6.45) is 0. The van der Waals surface area contributed by atoms with E-state index in [0.717, 1.165) is 0 Å². The molecule has 0 heterocycles. The molecule has 4 heteroatoms. The second-order valence-corrected chi connectivity index (χ2v) is 2.44. The van der Waals surface area contributed by atoms with E-state index in [-0.39, 0.29) is 30.3 Å². The molecule has 0 aliphatic rings. The molecular formula is C6H4Cl2OZn. The third-order valence-corrected chi connectivity index (χ3v) is 1.45. The molecule has 0 fully saturated rings. The quantitative estimate of drug-likeness (QED) is 0.677. The first kappa shape index (κ1) is 10.2. The van der Waals surface area contributed by atoms with Gasteiger partial charge in [0.05, 0.1) is 5.02 Å². The van der Waals surface area contributed by atoms with Gasteiger partial charge >= 0.3 is 0 Å². The topological polar surface area (TPSA) is 20.2 Å². The van der Waals surface area contributed by atoms with Crippen molar-refractivity contribution in [2.24, 2.45) is 0 Å². The molecule has 1 nitrogen and oxygen atoms in total. The van der Waals surface area contributed by atoms with Crippen LogP contribution in [0.15, 0.2) is 18.2 Å². The van der Waals surface area contributed by atoms with E-state index in [9.17, 15) is 0 Å². The Morgan fingerprint density at radius 1 is 1.20 bits per heavy atom. The first-order chi connectivity index (χ1) is 4.20. The molecule has 0 amide bonds. The van der Waals surface area contributed by atoms with Crippen LogP contribution in [0, 0.1) is 0 Å². The van der Waals surface area contributed by atoms with Crippen LogP contribution in [0.3, 0.4) is 0 Å². The summed E-state index contributed by atoms with van der Waals surface area (Å²) in [7, 11) is 0. The average molecular weight is 228 g/mol. The van der Waals surface area contributed by atoms with E-state index in [1.807, 2.05) is 0 Å². The van der Waals surface area contributed by atoms with Gasteiger partial charge in [-0.05, 0) is 18.2 Å². The fourth-order valence-corrected chi connectivity index (χ4v) is 0.890. The maximum atomic E-state index is 8.85. The van der Waals surface area contributed by atoms with Crippen LogP contribution >= 0.6 is 23.2 Å². The van der Waals surface area contributed by atoms with Gasteiger partial charge in [-0.15, -0.1) is 0 Å². The Hall–Kier alpha value is 0.223. The van der Waals surface area contributed by atoms with Gasteiger partial charge in [-0.3, -0.25) is 0 Å². The summed E-state index contributed by atoms with van der Waals surface area (Å²) in [4.78, 5) is 0. The second kappa shape index (κ2) is 4.17. The van der Waals surface area contributed by atoms with Gasteiger partial charge in [0, 0.05) is 24.5 Å². The molecule has 0 unspecified atom stereocenters. The van der Waals surface area contributed by atoms with Crippen molar-refractivity contribution in [2.75, 3.05) is 0 Å². The largest absolute Gasteiger partial charge is 0.506 e. The first-order valence-corrected chi connectivity index (χ1v) is 3.10. The van der Waals surface area contributed by atoms with Crippen molar-refractivity contribution in [1.29, 1.82) is 0 Å². The van der Waals surface area contributed by atoms with E-state index in [1.165, 1.54) is 12.1 Å². The molecule has 1 N–H and O–H groups in total. The monoisotopic (exact) mass is 226 g/mol. The molecule has 50 valence electrons. The maximum Gasteiger partial charge on any atom is 0.134 e. The average Bonchev–Trinajstić information content (AvgIpc) is 1.80. The Kier molecular flexibility index (Phi) is 4.27. The molecule has 0 saturated carbocycles. The molecule has 0 radical (unpaired) electrons. The number of rotatable bonds is 0. The molecule has 1 aromatic carbocycles. The fraction of sp³-hybridized carbons (Fsp3) is 0. The summed E-state index contributed by atoms with van der Waals surface area (Å²) in [6, 6.07) is 4.51. The van der Waals surface area contributed by atoms with Gasteiger partial charge in [-0.2, -0.15) is 0 Å². The Labute approximate surface area is 81.7 Å². The number of phenols is 1.